The summed E-state index contributed by atoms with van der Waals surface area (Å²) in [6, 6.07) is 13.1. The molecule has 0 fully saturated rings. The second-order valence-corrected chi connectivity index (χ2v) is 6.05. The third-order valence-corrected chi connectivity index (χ3v) is 4.22. The molecule has 1 amide bonds. The molecule has 0 aliphatic rings. The van der Waals surface area contributed by atoms with E-state index in [9.17, 15) is 4.79 Å². The Bertz CT molecular complexity index is 905. The van der Waals surface area contributed by atoms with Gasteiger partial charge >= 0.3 is 0 Å². The summed E-state index contributed by atoms with van der Waals surface area (Å²) in [6.45, 7) is 0.669. The van der Waals surface area contributed by atoms with Gasteiger partial charge in [-0.2, -0.15) is 0 Å². The number of nitrogens with one attached hydrogen (secondary N) is 1. The zero-order valence-corrected chi connectivity index (χ0v) is 14.8. The fourth-order valence-corrected chi connectivity index (χ4v) is 2.89. The smallest absolute Gasteiger partial charge is 0.240 e. The van der Waals surface area contributed by atoms with E-state index < -0.39 is 0 Å². The molecule has 0 spiro atoms. The predicted octanol–water partition coefficient (Wildman–Crippen LogP) is 3.63. The van der Waals surface area contributed by atoms with Crippen molar-refractivity contribution in [2.45, 2.75) is 13.1 Å². The number of hydrogen-bond acceptors (Lipinski definition) is 3. The van der Waals surface area contributed by atoms with Crippen molar-refractivity contribution in [1.82, 2.24) is 9.88 Å². The third-order valence-electron chi connectivity index (χ3n) is 3.98. The fraction of sp³-hybridized carbons (Fsp3) is 0.211. The highest BCUT2D eigenvalue weighted by Crippen LogP contribution is 2.27. The van der Waals surface area contributed by atoms with Crippen LogP contribution in [0, 0.1) is 0 Å². The molecular weight excluding hydrogens is 340 g/mol. The molecule has 25 heavy (non-hydrogen) atoms. The Morgan fingerprint density at radius 3 is 2.64 bits per heavy atom. The van der Waals surface area contributed by atoms with E-state index in [4.69, 9.17) is 21.1 Å². The number of aromatic nitrogens is 1. The number of ether oxygens (including phenoxy) is 2. The minimum atomic E-state index is -0.0674. The van der Waals surface area contributed by atoms with E-state index in [1.807, 2.05) is 53.2 Å². The van der Waals surface area contributed by atoms with Crippen LogP contribution in [0.3, 0.4) is 0 Å². The first-order valence-corrected chi connectivity index (χ1v) is 8.20. The Morgan fingerprint density at radius 1 is 1.08 bits per heavy atom. The Labute approximate surface area is 151 Å². The van der Waals surface area contributed by atoms with Crippen molar-refractivity contribution < 1.29 is 14.3 Å². The zero-order valence-electron chi connectivity index (χ0n) is 14.1. The number of benzene rings is 2. The number of rotatable bonds is 6. The van der Waals surface area contributed by atoms with Gasteiger partial charge in [0.2, 0.25) is 5.91 Å². The first kappa shape index (κ1) is 17.2. The average Bonchev–Trinajstić information content (AvgIpc) is 3.01. The van der Waals surface area contributed by atoms with Crippen LogP contribution in [0.2, 0.25) is 5.02 Å². The van der Waals surface area contributed by atoms with Crippen molar-refractivity contribution in [2.75, 3.05) is 14.2 Å². The number of hydrogen-bond donors (Lipinski definition) is 1. The molecule has 0 aliphatic carbocycles. The van der Waals surface area contributed by atoms with Crippen LogP contribution in [0.25, 0.3) is 10.9 Å². The van der Waals surface area contributed by atoms with E-state index in [1.54, 1.807) is 14.2 Å². The van der Waals surface area contributed by atoms with Crippen LogP contribution in [-0.2, 0) is 17.9 Å². The maximum absolute atomic E-state index is 12.3. The molecule has 1 heterocycles. The summed E-state index contributed by atoms with van der Waals surface area (Å²) < 4.78 is 12.4. The number of fused-ring (bicyclic) bond motifs is 1. The molecule has 0 unspecified atom stereocenters. The number of carbonyl (C=O) groups excluding carboxylic acids is 1. The standard InChI is InChI=1S/C19H19ClN2O3/c1-24-17-6-3-13(9-18(17)25-2)11-21-19(23)12-22-8-7-14-10-15(20)4-5-16(14)22/h3-10H,11-12H2,1-2H3,(H,21,23). The van der Waals surface area contributed by atoms with Gasteiger partial charge in [0.05, 0.1) is 14.2 Å². The van der Waals surface area contributed by atoms with Crippen LogP contribution < -0.4 is 14.8 Å². The fourth-order valence-electron chi connectivity index (χ4n) is 2.71. The average molecular weight is 359 g/mol. The Kier molecular flexibility index (Phi) is 5.14. The SMILES string of the molecule is COc1ccc(CNC(=O)Cn2ccc3cc(Cl)ccc32)cc1OC. The molecule has 0 radical (unpaired) electrons. The van der Waals surface area contributed by atoms with E-state index in [0.29, 0.717) is 23.1 Å². The molecule has 3 aromatic rings. The molecular formula is C19H19ClN2O3. The molecule has 6 heteroatoms. The van der Waals surface area contributed by atoms with E-state index in [2.05, 4.69) is 5.32 Å². The first-order valence-electron chi connectivity index (χ1n) is 7.82. The zero-order chi connectivity index (χ0) is 17.8. The molecule has 0 atom stereocenters. The lowest BCUT2D eigenvalue weighted by Gasteiger charge is -2.11. The van der Waals surface area contributed by atoms with Crippen LogP contribution in [0.15, 0.2) is 48.7 Å². The van der Waals surface area contributed by atoms with Gasteiger partial charge in [-0.25, -0.2) is 0 Å². The molecule has 130 valence electrons. The Balaban J connectivity index is 1.64. The summed E-state index contributed by atoms with van der Waals surface area (Å²) in [5, 5.41) is 4.62. The summed E-state index contributed by atoms with van der Waals surface area (Å²) in [4.78, 5) is 12.3. The molecule has 3 rings (SSSR count). The number of methoxy groups -OCH3 is 2. The second kappa shape index (κ2) is 7.49. The molecule has 0 bridgehead atoms. The molecule has 0 saturated carbocycles. The number of carbonyl (C=O) groups is 1. The predicted molar refractivity (Wildman–Crippen MR) is 98.3 cm³/mol. The van der Waals surface area contributed by atoms with Crippen molar-refractivity contribution in [3.05, 3.63) is 59.2 Å². The van der Waals surface area contributed by atoms with Gasteiger partial charge in [-0.1, -0.05) is 17.7 Å². The summed E-state index contributed by atoms with van der Waals surface area (Å²) >= 11 is 5.99. The van der Waals surface area contributed by atoms with Gasteiger partial charge in [-0.3, -0.25) is 4.79 Å². The van der Waals surface area contributed by atoms with Gasteiger partial charge in [-0.05, 0) is 42.0 Å². The summed E-state index contributed by atoms with van der Waals surface area (Å²) in [5.74, 6) is 1.24. The maximum atomic E-state index is 12.3. The number of amides is 1. The lowest BCUT2D eigenvalue weighted by Crippen LogP contribution is -2.26. The molecule has 1 aromatic heterocycles. The highest BCUT2D eigenvalue weighted by atomic mass is 35.5. The molecule has 0 aliphatic heterocycles. The molecule has 2 aromatic carbocycles. The van der Waals surface area contributed by atoms with Crippen molar-refractivity contribution in [3.63, 3.8) is 0 Å². The molecule has 1 N–H and O–H groups in total. The molecule has 0 saturated heterocycles. The summed E-state index contributed by atoms with van der Waals surface area (Å²) in [5.41, 5.74) is 1.92. The van der Waals surface area contributed by atoms with E-state index in [-0.39, 0.29) is 12.5 Å². The Hall–Kier alpha value is -2.66. The van der Waals surface area contributed by atoms with Crippen LogP contribution >= 0.6 is 11.6 Å². The highest BCUT2D eigenvalue weighted by molar-refractivity contribution is 6.31. The summed E-state index contributed by atoms with van der Waals surface area (Å²) in [7, 11) is 3.18. The lowest BCUT2D eigenvalue weighted by atomic mass is 10.2. The second-order valence-electron chi connectivity index (χ2n) is 5.61. The van der Waals surface area contributed by atoms with Crippen molar-refractivity contribution in [3.8, 4) is 11.5 Å². The quantitative estimate of drug-likeness (QED) is 0.732. The Morgan fingerprint density at radius 2 is 1.88 bits per heavy atom. The highest BCUT2D eigenvalue weighted by Gasteiger charge is 2.08. The van der Waals surface area contributed by atoms with Crippen LogP contribution in [0.5, 0.6) is 11.5 Å². The minimum absolute atomic E-state index is 0.0674. The summed E-state index contributed by atoms with van der Waals surface area (Å²) in [6.07, 6.45) is 1.89. The monoisotopic (exact) mass is 358 g/mol. The van der Waals surface area contributed by atoms with Crippen LogP contribution in [0.4, 0.5) is 0 Å². The largest absolute Gasteiger partial charge is 0.493 e. The number of halogens is 1. The van der Waals surface area contributed by atoms with Gasteiger partial charge in [-0.15, -0.1) is 0 Å². The van der Waals surface area contributed by atoms with Crippen molar-refractivity contribution in [1.29, 1.82) is 0 Å². The number of nitrogens with zero attached hydrogens (tertiary/aromatic N) is 1. The third kappa shape index (κ3) is 3.88. The minimum Gasteiger partial charge on any atom is -0.493 e. The molecule has 5 nitrogen and oxygen atoms in total. The van der Waals surface area contributed by atoms with Gasteiger partial charge in [0.15, 0.2) is 11.5 Å². The van der Waals surface area contributed by atoms with Gasteiger partial charge in [0.1, 0.15) is 6.54 Å². The first-order chi connectivity index (χ1) is 12.1. The van der Waals surface area contributed by atoms with Gasteiger partial charge in [0, 0.05) is 28.7 Å². The lowest BCUT2D eigenvalue weighted by molar-refractivity contribution is -0.121. The van der Waals surface area contributed by atoms with Crippen molar-refractivity contribution in [2.24, 2.45) is 0 Å². The van der Waals surface area contributed by atoms with Crippen LogP contribution in [0.1, 0.15) is 5.56 Å². The van der Waals surface area contributed by atoms with E-state index in [1.165, 1.54) is 0 Å². The van der Waals surface area contributed by atoms with Gasteiger partial charge in [0.25, 0.3) is 0 Å². The maximum Gasteiger partial charge on any atom is 0.240 e. The van der Waals surface area contributed by atoms with Crippen LogP contribution in [-0.4, -0.2) is 24.7 Å². The van der Waals surface area contributed by atoms with Gasteiger partial charge < -0.3 is 19.4 Å². The normalized spacial score (nSPS) is 10.7. The topological polar surface area (TPSA) is 52.5 Å². The van der Waals surface area contributed by atoms with Crippen molar-refractivity contribution >= 4 is 28.4 Å². The van der Waals surface area contributed by atoms with E-state index in [0.717, 1.165) is 16.5 Å². The van der Waals surface area contributed by atoms with E-state index >= 15 is 0 Å².